The second kappa shape index (κ2) is 9.43. The van der Waals surface area contributed by atoms with Crippen LogP contribution >= 0.6 is 0 Å². The molecule has 0 radical (unpaired) electrons. The lowest BCUT2D eigenvalue weighted by Crippen LogP contribution is -2.61. The van der Waals surface area contributed by atoms with E-state index < -0.39 is 48.7 Å². The third-order valence-electron chi connectivity index (χ3n) is 5.58. The van der Waals surface area contributed by atoms with E-state index in [1.807, 2.05) is 0 Å². The quantitative estimate of drug-likeness (QED) is 0.391. The van der Waals surface area contributed by atoms with Crippen molar-refractivity contribution < 1.29 is 48.6 Å². The zero-order valence-corrected chi connectivity index (χ0v) is 18.3. The first-order chi connectivity index (χ1) is 16.2. The molecule has 1 aliphatic rings. The standard InChI is InChI=1S/C24H24O10/c1-11-10-15-16(33-24-19(27)17(25)18(26)21(34-24)22(28)29)9-8-14(20(15)31-11)12(2)32-23(30)13-6-4-3-5-7-13/h3-10,12,17-19,21,24-27H,1-2H3,(H,28,29)/t12?,17-,18+,19+,21-,24+/m0/s1. The van der Waals surface area contributed by atoms with Crippen LogP contribution in [0.4, 0.5) is 0 Å². The van der Waals surface area contributed by atoms with E-state index >= 15 is 0 Å². The first kappa shape index (κ1) is 23.7. The van der Waals surface area contributed by atoms with Gasteiger partial charge in [-0.15, -0.1) is 0 Å². The summed E-state index contributed by atoms with van der Waals surface area (Å²) in [5.74, 6) is -1.32. The Kier molecular flexibility index (Phi) is 6.58. The highest BCUT2D eigenvalue weighted by Crippen LogP contribution is 2.37. The first-order valence-electron chi connectivity index (χ1n) is 10.6. The van der Waals surface area contributed by atoms with Crippen LogP contribution in [0.3, 0.4) is 0 Å². The van der Waals surface area contributed by atoms with Crippen molar-refractivity contribution in [2.45, 2.75) is 50.7 Å². The molecule has 1 aliphatic heterocycles. The highest BCUT2D eigenvalue weighted by molar-refractivity contribution is 5.91. The van der Waals surface area contributed by atoms with Crippen LogP contribution in [0.5, 0.6) is 5.75 Å². The van der Waals surface area contributed by atoms with Crippen molar-refractivity contribution in [2.24, 2.45) is 0 Å². The molecule has 4 rings (SSSR count). The molecule has 0 aliphatic carbocycles. The number of aliphatic hydroxyl groups excluding tert-OH is 3. The van der Waals surface area contributed by atoms with E-state index in [4.69, 9.17) is 18.6 Å². The van der Waals surface area contributed by atoms with Gasteiger partial charge in [-0.1, -0.05) is 18.2 Å². The van der Waals surface area contributed by atoms with Crippen molar-refractivity contribution in [3.8, 4) is 5.75 Å². The van der Waals surface area contributed by atoms with Gasteiger partial charge >= 0.3 is 11.9 Å². The zero-order chi connectivity index (χ0) is 24.6. The van der Waals surface area contributed by atoms with Crippen molar-refractivity contribution in [3.63, 3.8) is 0 Å². The fourth-order valence-electron chi connectivity index (χ4n) is 3.81. The number of carbonyl (C=O) groups is 2. The number of carboxylic acid groups (broad SMARTS) is 1. The number of ether oxygens (including phenoxy) is 3. The van der Waals surface area contributed by atoms with Gasteiger partial charge in [0.15, 0.2) is 6.10 Å². The van der Waals surface area contributed by atoms with Gasteiger partial charge < -0.3 is 39.1 Å². The lowest BCUT2D eigenvalue weighted by Gasteiger charge is -2.38. The summed E-state index contributed by atoms with van der Waals surface area (Å²) in [6, 6.07) is 13.3. The second-order valence-electron chi connectivity index (χ2n) is 8.02. The minimum Gasteiger partial charge on any atom is -0.479 e. The van der Waals surface area contributed by atoms with Gasteiger partial charge in [-0.3, -0.25) is 0 Å². The summed E-state index contributed by atoms with van der Waals surface area (Å²) in [6.07, 6.45) is -9.37. The Balaban J connectivity index is 1.60. The lowest BCUT2D eigenvalue weighted by molar-refractivity contribution is -0.270. The Morgan fingerprint density at radius 3 is 2.38 bits per heavy atom. The number of aliphatic hydroxyl groups is 3. The van der Waals surface area contributed by atoms with Crippen molar-refractivity contribution in [1.82, 2.24) is 0 Å². The second-order valence-corrected chi connectivity index (χ2v) is 8.02. The molecule has 1 fully saturated rings. The van der Waals surface area contributed by atoms with Crippen molar-refractivity contribution in [3.05, 3.63) is 65.4 Å². The summed E-state index contributed by atoms with van der Waals surface area (Å²) in [5, 5.41) is 39.9. The molecule has 180 valence electrons. The Labute approximate surface area is 193 Å². The molecule has 2 heterocycles. The highest BCUT2D eigenvalue weighted by atomic mass is 16.7. The predicted octanol–water partition coefficient (Wildman–Crippen LogP) is 1.93. The summed E-state index contributed by atoms with van der Waals surface area (Å²) in [7, 11) is 0. The Morgan fingerprint density at radius 2 is 1.71 bits per heavy atom. The molecule has 34 heavy (non-hydrogen) atoms. The van der Waals surface area contributed by atoms with E-state index in [1.165, 1.54) is 6.07 Å². The molecule has 0 bridgehead atoms. The Morgan fingerprint density at radius 1 is 1.00 bits per heavy atom. The topological polar surface area (TPSA) is 156 Å². The first-order valence-corrected chi connectivity index (χ1v) is 10.6. The zero-order valence-electron chi connectivity index (χ0n) is 18.3. The number of benzene rings is 2. The number of carboxylic acids is 1. The summed E-state index contributed by atoms with van der Waals surface area (Å²) in [6.45, 7) is 3.40. The molecular weight excluding hydrogens is 448 g/mol. The molecule has 4 N–H and O–H groups in total. The van der Waals surface area contributed by atoms with Crippen molar-refractivity contribution >= 4 is 22.9 Å². The molecule has 0 amide bonds. The number of carbonyl (C=O) groups excluding carboxylic acids is 1. The third kappa shape index (κ3) is 4.48. The van der Waals surface area contributed by atoms with Gasteiger partial charge in [0.1, 0.15) is 41.5 Å². The number of fused-ring (bicyclic) bond motifs is 1. The van der Waals surface area contributed by atoms with Gasteiger partial charge in [0.05, 0.1) is 10.9 Å². The maximum absolute atomic E-state index is 12.5. The van der Waals surface area contributed by atoms with Crippen LogP contribution in [0.15, 0.2) is 52.9 Å². The molecular formula is C24H24O10. The van der Waals surface area contributed by atoms with Crippen molar-refractivity contribution in [1.29, 1.82) is 0 Å². The summed E-state index contributed by atoms with van der Waals surface area (Å²) < 4.78 is 22.3. The molecule has 1 saturated heterocycles. The normalized spacial score (nSPS) is 25.6. The molecule has 10 heteroatoms. The average molecular weight is 472 g/mol. The number of furan rings is 1. The van der Waals surface area contributed by atoms with Gasteiger partial charge in [-0.05, 0) is 44.2 Å². The predicted molar refractivity (Wildman–Crippen MR) is 116 cm³/mol. The molecule has 1 aromatic heterocycles. The van der Waals surface area contributed by atoms with E-state index in [0.717, 1.165) is 0 Å². The average Bonchev–Trinajstić information content (AvgIpc) is 3.21. The Bertz CT molecular complexity index is 1190. The number of hydrogen-bond donors (Lipinski definition) is 4. The fourth-order valence-corrected chi connectivity index (χ4v) is 3.81. The summed E-state index contributed by atoms with van der Waals surface area (Å²) in [5.41, 5.74) is 1.33. The number of aliphatic carboxylic acids is 1. The number of esters is 1. The van der Waals surface area contributed by atoms with E-state index in [2.05, 4.69) is 0 Å². The van der Waals surface area contributed by atoms with Crippen LogP contribution < -0.4 is 4.74 Å². The molecule has 10 nitrogen and oxygen atoms in total. The third-order valence-corrected chi connectivity index (χ3v) is 5.58. The molecule has 0 spiro atoms. The van der Waals surface area contributed by atoms with Gasteiger partial charge in [-0.2, -0.15) is 0 Å². The van der Waals surface area contributed by atoms with Crippen LogP contribution in [-0.2, 0) is 14.3 Å². The molecule has 1 unspecified atom stereocenters. The summed E-state index contributed by atoms with van der Waals surface area (Å²) >= 11 is 0. The maximum atomic E-state index is 12.5. The minimum atomic E-state index is -1.83. The smallest absolute Gasteiger partial charge is 0.338 e. The molecule has 2 aromatic carbocycles. The monoisotopic (exact) mass is 472 g/mol. The number of aryl methyl sites for hydroxylation is 1. The highest BCUT2D eigenvalue weighted by Gasteiger charge is 2.48. The Hall–Kier alpha value is -3.44. The summed E-state index contributed by atoms with van der Waals surface area (Å²) in [4.78, 5) is 23.8. The lowest BCUT2D eigenvalue weighted by atomic mass is 9.99. The van der Waals surface area contributed by atoms with Crippen LogP contribution in [0.1, 0.15) is 34.7 Å². The van der Waals surface area contributed by atoms with E-state index in [9.17, 15) is 30.0 Å². The molecule has 3 aromatic rings. The van der Waals surface area contributed by atoms with Gasteiger partial charge in [0.2, 0.25) is 6.29 Å². The largest absolute Gasteiger partial charge is 0.479 e. The fraction of sp³-hybridized carbons (Fsp3) is 0.333. The minimum absolute atomic E-state index is 0.175. The van der Waals surface area contributed by atoms with Crippen molar-refractivity contribution in [2.75, 3.05) is 0 Å². The van der Waals surface area contributed by atoms with E-state index in [-0.39, 0.29) is 5.75 Å². The van der Waals surface area contributed by atoms with Crippen LogP contribution in [0.25, 0.3) is 11.0 Å². The van der Waals surface area contributed by atoms with E-state index in [1.54, 1.807) is 56.3 Å². The SMILES string of the molecule is Cc1cc2c(O[C@@H]3O[C@H](C(=O)O)[C@H](O)[C@H](O)[C@H]3O)ccc(C(C)OC(=O)c3ccccc3)c2o1. The van der Waals surface area contributed by atoms with Gasteiger partial charge in [0, 0.05) is 5.56 Å². The molecule has 6 atom stereocenters. The van der Waals surface area contributed by atoms with E-state index in [0.29, 0.717) is 27.9 Å². The van der Waals surface area contributed by atoms with Crippen LogP contribution in [0, 0.1) is 6.92 Å². The number of rotatable bonds is 6. The van der Waals surface area contributed by atoms with Gasteiger partial charge in [-0.25, -0.2) is 9.59 Å². The number of hydrogen-bond acceptors (Lipinski definition) is 9. The van der Waals surface area contributed by atoms with Crippen LogP contribution in [0.2, 0.25) is 0 Å². The maximum Gasteiger partial charge on any atom is 0.338 e. The van der Waals surface area contributed by atoms with Crippen LogP contribution in [-0.4, -0.2) is 63.1 Å². The molecule has 0 saturated carbocycles. The van der Waals surface area contributed by atoms with Gasteiger partial charge in [0.25, 0.3) is 0 Å².